The number of aromatic nitrogens is 1. The molecule has 0 spiro atoms. The molecule has 0 saturated carbocycles. The van der Waals surface area contributed by atoms with Gasteiger partial charge in [-0.3, -0.25) is 4.98 Å². The molecule has 0 aliphatic rings. The summed E-state index contributed by atoms with van der Waals surface area (Å²) in [6.45, 7) is 2.02. The number of anilines is 1. The molecule has 4 nitrogen and oxygen atoms in total. The average Bonchev–Trinajstić information content (AvgIpc) is 2.47. The van der Waals surface area contributed by atoms with Crippen molar-refractivity contribution in [1.29, 1.82) is 0 Å². The summed E-state index contributed by atoms with van der Waals surface area (Å²) in [6.07, 6.45) is 1.54. The highest BCUT2D eigenvalue weighted by Gasteiger charge is 2.12. The molecular formula is C17H20N2O2. The first kappa shape index (κ1) is 15.0. The van der Waals surface area contributed by atoms with E-state index in [1.165, 1.54) is 0 Å². The average molecular weight is 284 g/mol. The highest BCUT2D eigenvalue weighted by atomic mass is 16.4. The molecule has 0 amide bonds. The zero-order valence-corrected chi connectivity index (χ0v) is 12.6. The number of carboxylic acids is 1. The maximum atomic E-state index is 11.2. The van der Waals surface area contributed by atoms with Crippen LogP contribution < -0.4 is 4.90 Å². The summed E-state index contributed by atoms with van der Waals surface area (Å²) in [6, 6.07) is 11.5. The molecule has 0 fully saturated rings. The monoisotopic (exact) mass is 284 g/mol. The summed E-state index contributed by atoms with van der Waals surface area (Å²) in [5.74, 6) is -0.916. The number of hydrogen-bond acceptors (Lipinski definition) is 3. The molecule has 0 bridgehead atoms. The van der Waals surface area contributed by atoms with Crippen molar-refractivity contribution in [2.45, 2.75) is 19.8 Å². The van der Waals surface area contributed by atoms with Gasteiger partial charge >= 0.3 is 5.97 Å². The lowest BCUT2D eigenvalue weighted by Gasteiger charge is -2.13. The van der Waals surface area contributed by atoms with E-state index >= 15 is 0 Å². The summed E-state index contributed by atoms with van der Waals surface area (Å²) in [4.78, 5) is 17.8. The van der Waals surface area contributed by atoms with Gasteiger partial charge in [0.15, 0.2) is 0 Å². The lowest BCUT2D eigenvalue weighted by Crippen LogP contribution is -2.08. The maximum Gasteiger partial charge on any atom is 0.337 e. The molecule has 0 saturated heterocycles. The smallest absolute Gasteiger partial charge is 0.337 e. The molecule has 0 unspecified atom stereocenters. The predicted molar refractivity (Wildman–Crippen MR) is 85.0 cm³/mol. The predicted octanol–water partition coefficient (Wildman–Crippen LogP) is 3.47. The quantitative estimate of drug-likeness (QED) is 0.913. The van der Waals surface area contributed by atoms with Gasteiger partial charge < -0.3 is 10.0 Å². The van der Waals surface area contributed by atoms with Crippen LogP contribution in [0.5, 0.6) is 0 Å². The number of aromatic carboxylic acids is 1. The highest BCUT2D eigenvalue weighted by molar-refractivity contribution is 5.89. The van der Waals surface area contributed by atoms with E-state index in [0.29, 0.717) is 17.7 Å². The van der Waals surface area contributed by atoms with Crippen LogP contribution in [-0.4, -0.2) is 30.2 Å². The number of rotatable bonds is 5. The Hall–Kier alpha value is -2.36. The van der Waals surface area contributed by atoms with Crippen LogP contribution in [0, 0.1) is 0 Å². The zero-order valence-electron chi connectivity index (χ0n) is 12.6. The molecule has 21 heavy (non-hydrogen) atoms. The molecular weight excluding hydrogens is 264 g/mol. The number of benzene rings is 1. The molecule has 1 aromatic heterocycles. The minimum Gasteiger partial charge on any atom is -0.478 e. The molecule has 2 rings (SSSR count). The van der Waals surface area contributed by atoms with Gasteiger partial charge in [0.2, 0.25) is 0 Å². The van der Waals surface area contributed by atoms with E-state index in [1.807, 2.05) is 50.2 Å². The van der Waals surface area contributed by atoms with Crippen LogP contribution in [0.2, 0.25) is 0 Å². The minimum absolute atomic E-state index is 0.297. The Morgan fingerprint density at radius 1 is 1.14 bits per heavy atom. The molecule has 110 valence electrons. The van der Waals surface area contributed by atoms with E-state index in [-0.39, 0.29) is 0 Å². The number of nitrogens with zero attached hydrogens (tertiary/aromatic N) is 2. The fourth-order valence-electron chi connectivity index (χ4n) is 2.21. The van der Waals surface area contributed by atoms with Crippen molar-refractivity contribution in [2.75, 3.05) is 19.0 Å². The number of pyridine rings is 1. The van der Waals surface area contributed by atoms with Crippen molar-refractivity contribution < 1.29 is 9.90 Å². The Balaban J connectivity index is 2.39. The van der Waals surface area contributed by atoms with Crippen LogP contribution in [0.4, 0.5) is 5.69 Å². The fraction of sp³-hybridized carbons (Fsp3) is 0.294. The first-order valence-corrected chi connectivity index (χ1v) is 7.04. The van der Waals surface area contributed by atoms with E-state index in [0.717, 1.165) is 23.4 Å². The van der Waals surface area contributed by atoms with Crippen LogP contribution in [-0.2, 0) is 6.42 Å². The van der Waals surface area contributed by atoms with Gasteiger partial charge in [-0.1, -0.05) is 25.5 Å². The molecule has 1 N–H and O–H groups in total. The van der Waals surface area contributed by atoms with Crippen molar-refractivity contribution in [3.8, 4) is 11.3 Å². The van der Waals surface area contributed by atoms with Crippen molar-refractivity contribution in [3.63, 3.8) is 0 Å². The molecule has 2 aromatic rings. The Morgan fingerprint density at radius 2 is 1.81 bits per heavy atom. The molecule has 0 aliphatic heterocycles. The summed E-state index contributed by atoms with van der Waals surface area (Å²) in [5, 5.41) is 9.21. The first-order chi connectivity index (χ1) is 10.0. The standard InChI is InChI=1S/C17H20N2O2/c1-4-5-16-14(17(20)21)10-11-15(18-16)12-6-8-13(9-7-12)19(2)3/h6-11H,4-5H2,1-3H3,(H,20,21). The summed E-state index contributed by atoms with van der Waals surface area (Å²) in [5.41, 5.74) is 3.88. The third kappa shape index (κ3) is 3.40. The minimum atomic E-state index is -0.916. The van der Waals surface area contributed by atoms with Crippen LogP contribution in [0.15, 0.2) is 36.4 Å². The Morgan fingerprint density at radius 3 is 2.33 bits per heavy atom. The fourth-order valence-corrected chi connectivity index (χ4v) is 2.21. The second kappa shape index (κ2) is 6.39. The molecule has 0 radical (unpaired) electrons. The second-order valence-corrected chi connectivity index (χ2v) is 5.19. The Labute approximate surface area is 125 Å². The van der Waals surface area contributed by atoms with Crippen molar-refractivity contribution in [1.82, 2.24) is 4.98 Å². The molecule has 0 aliphatic carbocycles. The van der Waals surface area contributed by atoms with Crippen molar-refractivity contribution in [3.05, 3.63) is 47.7 Å². The molecule has 0 atom stereocenters. The number of carboxylic acid groups (broad SMARTS) is 1. The molecule has 4 heteroatoms. The topological polar surface area (TPSA) is 53.4 Å². The van der Waals surface area contributed by atoms with Gasteiger partial charge in [0.25, 0.3) is 0 Å². The van der Waals surface area contributed by atoms with E-state index in [1.54, 1.807) is 12.1 Å². The van der Waals surface area contributed by atoms with Gasteiger partial charge in [-0.25, -0.2) is 4.79 Å². The highest BCUT2D eigenvalue weighted by Crippen LogP contribution is 2.22. The first-order valence-electron chi connectivity index (χ1n) is 7.04. The number of carbonyl (C=O) groups is 1. The van der Waals surface area contributed by atoms with Gasteiger partial charge in [0, 0.05) is 25.3 Å². The van der Waals surface area contributed by atoms with Gasteiger partial charge in [0.05, 0.1) is 17.0 Å². The summed E-state index contributed by atoms with van der Waals surface area (Å²) < 4.78 is 0. The largest absolute Gasteiger partial charge is 0.478 e. The third-order valence-electron chi connectivity index (χ3n) is 3.37. The van der Waals surface area contributed by atoms with Crippen LogP contribution in [0.1, 0.15) is 29.4 Å². The van der Waals surface area contributed by atoms with E-state index in [2.05, 4.69) is 4.98 Å². The summed E-state index contributed by atoms with van der Waals surface area (Å²) >= 11 is 0. The van der Waals surface area contributed by atoms with Crippen LogP contribution in [0.25, 0.3) is 11.3 Å². The van der Waals surface area contributed by atoms with Gasteiger partial charge in [-0.15, -0.1) is 0 Å². The maximum absolute atomic E-state index is 11.2. The van der Waals surface area contributed by atoms with E-state index in [9.17, 15) is 9.90 Å². The number of aryl methyl sites for hydroxylation is 1. The second-order valence-electron chi connectivity index (χ2n) is 5.19. The molecule has 1 aromatic carbocycles. The number of hydrogen-bond donors (Lipinski definition) is 1. The van der Waals surface area contributed by atoms with Gasteiger partial charge in [-0.2, -0.15) is 0 Å². The lowest BCUT2D eigenvalue weighted by molar-refractivity contribution is 0.0695. The Kier molecular flexibility index (Phi) is 4.58. The van der Waals surface area contributed by atoms with E-state index < -0.39 is 5.97 Å². The van der Waals surface area contributed by atoms with E-state index in [4.69, 9.17) is 0 Å². The Bertz CT molecular complexity index is 634. The van der Waals surface area contributed by atoms with Crippen LogP contribution in [0.3, 0.4) is 0 Å². The van der Waals surface area contributed by atoms with Crippen LogP contribution >= 0.6 is 0 Å². The molecule has 1 heterocycles. The van der Waals surface area contributed by atoms with Gasteiger partial charge in [-0.05, 0) is 30.7 Å². The van der Waals surface area contributed by atoms with Gasteiger partial charge in [0.1, 0.15) is 0 Å². The summed E-state index contributed by atoms with van der Waals surface area (Å²) in [7, 11) is 3.99. The normalized spacial score (nSPS) is 10.4. The lowest BCUT2D eigenvalue weighted by atomic mass is 10.1. The van der Waals surface area contributed by atoms with Crippen molar-refractivity contribution >= 4 is 11.7 Å². The SMILES string of the molecule is CCCc1nc(-c2ccc(N(C)C)cc2)ccc1C(=O)O. The zero-order chi connectivity index (χ0) is 15.4. The van der Waals surface area contributed by atoms with Crippen molar-refractivity contribution in [2.24, 2.45) is 0 Å². The third-order valence-corrected chi connectivity index (χ3v) is 3.37.